The van der Waals surface area contributed by atoms with Gasteiger partial charge in [-0.2, -0.15) is 0 Å². The minimum atomic E-state index is 0.468. The van der Waals surface area contributed by atoms with Gasteiger partial charge in [-0.05, 0) is 167 Å². The zero-order valence-corrected chi connectivity index (χ0v) is 34.9. The Morgan fingerprint density at radius 1 is 0.408 bits per heavy atom. The standard InChI is InChI=1S/C47H86N2/c1-11-47(9,12-2)35-25-31-38(32-26-35)49(37-29-23-34(24-30-37)46(6,7)8)44-41-19-15-13-17-39(41)43(40-18-14-16-20-42(40)44)48(10)36-27-21-33(22-28-36)45(3,4)5/h33-44H,11-32H2,1-10H3. The van der Waals surface area contributed by atoms with Crippen molar-refractivity contribution in [2.45, 2.75) is 234 Å². The molecule has 2 nitrogen and oxygen atoms in total. The molecule has 0 saturated heterocycles. The van der Waals surface area contributed by atoms with Crippen LogP contribution in [0.3, 0.4) is 0 Å². The molecule has 0 N–H and O–H groups in total. The molecule has 0 heterocycles. The molecule has 49 heavy (non-hydrogen) atoms. The van der Waals surface area contributed by atoms with E-state index in [9.17, 15) is 0 Å². The molecular formula is C47H86N2. The van der Waals surface area contributed by atoms with E-state index in [2.05, 4.69) is 79.2 Å². The first-order valence-corrected chi connectivity index (χ1v) is 22.8. The first kappa shape index (κ1) is 38.6. The van der Waals surface area contributed by atoms with Crippen molar-refractivity contribution in [1.29, 1.82) is 0 Å². The summed E-state index contributed by atoms with van der Waals surface area (Å²) >= 11 is 0. The second-order valence-electron chi connectivity index (χ2n) is 21.9. The van der Waals surface area contributed by atoms with Crippen molar-refractivity contribution in [2.24, 2.45) is 57.7 Å². The van der Waals surface area contributed by atoms with Crippen LogP contribution < -0.4 is 0 Å². The average Bonchev–Trinajstić information content (AvgIpc) is 3.10. The van der Waals surface area contributed by atoms with Crippen molar-refractivity contribution in [3.8, 4) is 0 Å². The first-order valence-electron chi connectivity index (χ1n) is 22.8. The van der Waals surface area contributed by atoms with Crippen molar-refractivity contribution in [3.63, 3.8) is 0 Å². The van der Waals surface area contributed by atoms with Crippen molar-refractivity contribution in [1.82, 2.24) is 9.80 Å². The van der Waals surface area contributed by atoms with Crippen molar-refractivity contribution in [3.05, 3.63) is 0 Å². The summed E-state index contributed by atoms with van der Waals surface area (Å²) in [5, 5.41) is 0. The van der Waals surface area contributed by atoms with Crippen molar-refractivity contribution < 1.29 is 0 Å². The molecule has 6 aliphatic rings. The Morgan fingerprint density at radius 2 is 0.735 bits per heavy atom. The highest BCUT2D eigenvalue weighted by molar-refractivity contribution is 5.09. The number of fused-ring (bicyclic) bond motifs is 2. The summed E-state index contributed by atoms with van der Waals surface area (Å²) < 4.78 is 0. The highest BCUT2D eigenvalue weighted by atomic mass is 15.2. The maximum atomic E-state index is 3.45. The van der Waals surface area contributed by atoms with Crippen LogP contribution in [0.5, 0.6) is 0 Å². The largest absolute Gasteiger partial charge is 0.300 e. The molecule has 0 spiro atoms. The lowest BCUT2D eigenvalue weighted by Crippen LogP contribution is -2.67. The Bertz CT molecular complexity index is 982. The number of hydrogen-bond acceptors (Lipinski definition) is 2. The molecule has 2 heteroatoms. The van der Waals surface area contributed by atoms with E-state index in [1.807, 2.05) is 0 Å². The molecule has 6 rings (SSSR count). The SMILES string of the molecule is CCC(C)(CC)C1CCC(N(C2CCC(C(C)(C)C)CC2)C2C3CCCCC3C(N(C)C3CCC(C(C)(C)C)CC3)C3CCCCC32)CC1. The second kappa shape index (κ2) is 15.7. The third-order valence-corrected chi connectivity index (χ3v) is 17.9. The van der Waals surface area contributed by atoms with E-state index in [0.717, 1.165) is 71.6 Å². The summed E-state index contributed by atoms with van der Waals surface area (Å²) in [5.41, 5.74) is 1.50. The van der Waals surface area contributed by atoms with Gasteiger partial charge >= 0.3 is 0 Å². The Balaban J connectivity index is 1.29. The van der Waals surface area contributed by atoms with Gasteiger partial charge in [-0.1, -0.05) is 101 Å². The molecule has 6 saturated carbocycles. The zero-order valence-electron chi connectivity index (χ0n) is 34.9. The lowest BCUT2D eigenvalue weighted by atomic mass is 9.53. The van der Waals surface area contributed by atoms with E-state index in [0.29, 0.717) is 16.2 Å². The van der Waals surface area contributed by atoms with E-state index in [-0.39, 0.29) is 0 Å². The molecule has 0 aromatic rings. The smallest absolute Gasteiger partial charge is 0.0164 e. The van der Waals surface area contributed by atoms with Gasteiger partial charge < -0.3 is 0 Å². The van der Waals surface area contributed by atoms with Gasteiger partial charge in [-0.25, -0.2) is 0 Å². The average molecular weight is 679 g/mol. The summed E-state index contributed by atoms with van der Waals surface area (Å²) in [5.74, 6) is 6.55. The summed E-state index contributed by atoms with van der Waals surface area (Å²) in [6, 6.07) is 4.25. The maximum absolute atomic E-state index is 3.45. The van der Waals surface area contributed by atoms with E-state index in [1.165, 1.54) is 141 Å². The fraction of sp³-hybridized carbons (Fsp3) is 1.00. The summed E-state index contributed by atoms with van der Waals surface area (Å²) in [6.45, 7) is 22.7. The Labute approximate surface area is 307 Å². The fourth-order valence-electron chi connectivity index (χ4n) is 14.3. The molecule has 6 aliphatic carbocycles. The van der Waals surface area contributed by atoms with Crippen LogP contribution in [0, 0.1) is 57.7 Å². The van der Waals surface area contributed by atoms with Gasteiger partial charge in [0.15, 0.2) is 0 Å². The van der Waals surface area contributed by atoms with Crippen LogP contribution in [0.15, 0.2) is 0 Å². The molecular weight excluding hydrogens is 593 g/mol. The van der Waals surface area contributed by atoms with E-state index in [4.69, 9.17) is 0 Å². The van der Waals surface area contributed by atoms with Gasteiger partial charge in [-0.3, -0.25) is 9.80 Å². The summed E-state index contributed by atoms with van der Waals surface area (Å²) in [6.07, 6.45) is 32.6. The first-order chi connectivity index (χ1) is 23.3. The van der Waals surface area contributed by atoms with E-state index >= 15 is 0 Å². The van der Waals surface area contributed by atoms with Gasteiger partial charge in [0.05, 0.1) is 0 Å². The molecule has 0 radical (unpaired) electrons. The van der Waals surface area contributed by atoms with Crippen LogP contribution in [-0.4, -0.2) is 47.1 Å². The Hall–Kier alpha value is -0.0800. The van der Waals surface area contributed by atoms with E-state index in [1.54, 1.807) is 0 Å². The number of rotatable bonds is 8. The molecule has 0 aromatic heterocycles. The topological polar surface area (TPSA) is 6.48 Å². The highest BCUT2D eigenvalue weighted by Gasteiger charge is 2.56. The van der Waals surface area contributed by atoms with Crippen LogP contribution in [0.4, 0.5) is 0 Å². The Kier molecular flexibility index (Phi) is 12.4. The second-order valence-corrected chi connectivity index (χ2v) is 21.9. The predicted molar refractivity (Wildman–Crippen MR) is 213 cm³/mol. The van der Waals surface area contributed by atoms with Crippen molar-refractivity contribution >= 4 is 0 Å². The molecule has 284 valence electrons. The highest BCUT2D eigenvalue weighted by Crippen LogP contribution is 2.57. The van der Waals surface area contributed by atoms with Gasteiger partial charge in [0.2, 0.25) is 0 Å². The number of nitrogens with zero attached hydrogens (tertiary/aromatic N) is 2. The van der Waals surface area contributed by atoms with Gasteiger partial charge in [0.25, 0.3) is 0 Å². The lowest BCUT2D eigenvalue weighted by molar-refractivity contribution is -0.136. The van der Waals surface area contributed by atoms with Crippen LogP contribution in [0.25, 0.3) is 0 Å². The molecule has 6 fully saturated rings. The quantitative estimate of drug-likeness (QED) is 0.252. The van der Waals surface area contributed by atoms with Crippen LogP contribution >= 0.6 is 0 Å². The zero-order chi connectivity index (χ0) is 35.1. The molecule has 4 atom stereocenters. The van der Waals surface area contributed by atoms with Gasteiger partial charge in [-0.15, -0.1) is 0 Å². The van der Waals surface area contributed by atoms with E-state index < -0.39 is 0 Å². The minimum Gasteiger partial charge on any atom is -0.300 e. The van der Waals surface area contributed by atoms with Gasteiger partial charge in [0.1, 0.15) is 0 Å². The summed E-state index contributed by atoms with van der Waals surface area (Å²) in [4.78, 5) is 6.54. The molecule has 4 unspecified atom stereocenters. The van der Waals surface area contributed by atoms with Crippen LogP contribution in [0.1, 0.15) is 204 Å². The lowest BCUT2D eigenvalue weighted by Gasteiger charge is -2.63. The predicted octanol–water partition coefficient (Wildman–Crippen LogP) is 13.2. The minimum absolute atomic E-state index is 0.468. The molecule has 0 aliphatic heterocycles. The molecule has 0 aromatic carbocycles. The monoisotopic (exact) mass is 679 g/mol. The van der Waals surface area contributed by atoms with Gasteiger partial charge in [0, 0.05) is 30.2 Å². The Morgan fingerprint density at radius 3 is 1.08 bits per heavy atom. The third-order valence-electron chi connectivity index (χ3n) is 17.9. The third kappa shape index (κ3) is 8.07. The van der Waals surface area contributed by atoms with Crippen molar-refractivity contribution in [2.75, 3.05) is 7.05 Å². The van der Waals surface area contributed by atoms with Crippen LogP contribution in [-0.2, 0) is 0 Å². The van der Waals surface area contributed by atoms with Crippen LogP contribution in [0.2, 0.25) is 0 Å². The summed E-state index contributed by atoms with van der Waals surface area (Å²) in [7, 11) is 2.65. The normalized spacial score (nSPS) is 41.4. The molecule has 0 amide bonds. The number of hydrogen-bond donors (Lipinski definition) is 0. The maximum Gasteiger partial charge on any atom is 0.0164 e. The fourth-order valence-corrected chi connectivity index (χ4v) is 14.3. The molecule has 0 bridgehead atoms.